The first kappa shape index (κ1) is 18.7. The number of amides is 1. The number of anilines is 1. The van der Waals surface area contributed by atoms with Crippen molar-refractivity contribution < 1.29 is 13.9 Å². The van der Waals surface area contributed by atoms with E-state index in [1.165, 1.54) is 10.7 Å². The molecule has 0 saturated heterocycles. The van der Waals surface area contributed by atoms with Crippen molar-refractivity contribution in [3.63, 3.8) is 0 Å². The van der Waals surface area contributed by atoms with Crippen LogP contribution in [-0.4, -0.2) is 35.7 Å². The minimum Gasteiger partial charge on any atom is -0.468 e. The van der Waals surface area contributed by atoms with Gasteiger partial charge in [0, 0.05) is 12.1 Å². The normalized spacial score (nSPS) is 14.4. The number of para-hydroxylation sites is 1. The number of nitrogens with one attached hydrogen (secondary N) is 1. The van der Waals surface area contributed by atoms with Crippen molar-refractivity contribution in [2.45, 2.75) is 32.4 Å². The Hall–Kier alpha value is -4.08. The number of benzene rings is 2. The van der Waals surface area contributed by atoms with E-state index in [9.17, 15) is 9.18 Å². The Morgan fingerprint density at radius 1 is 1.28 bits per heavy atom. The van der Waals surface area contributed by atoms with Crippen molar-refractivity contribution in [1.29, 1.82) is 0 Å². The van der Waals surface area contributed by atoms with Crippen LogP contribution < -0.4 is 10.1 Å². The van der Waals surface area contributed by atoms with Gasteiger partial charge in [-0.3, -0.25) is 4.79 Å². The summed E-state index contributed by atoms with van der Waals surface area (Å²) in [4.78, 5) is 17.5. The first-order chi connectivity index (χ1) is 15.6. The maximum atomic E-state index is 14.8. The summed E-state index contributed by atoms with van der Waals surface area (Å²) >= 11 is 0. The number of nitrogens with zero attached hydrogens (tertiary/aromatic N) is 6. The minimum atomic E-state index is -0.596. The molecule has 4 aromatic rings. The van der Waals surface area contributed by atoms with Gasteiger partial charge in [0.1, 0.15) is 5.82 Å². The zero-order valence-electron chi connectivity index (χ0n) is 17.1. The van der Waals surface area contributed by atoms with E-state index in [0.717, 1.165) is 18.5 Å². The lowest BCUT2D eigenvalue weighted by molar-refractivity contribution is 0.102. The molecule has 2 aliphatic rings. The van der Waals surface area contributed by atoms with E-state index in [1.807, 2.05) is 17.7 Å². The second-order valence-electron chi connectivity index (χ2n) is 8.01. The third kappa shape index (κ3) is 3.03. The summed E-state index contributed by atoms with van der Waals surface area (Å²) in [5.41, 5.74) is 3.45. The molecule has 0 bridgehead atoms. The summed E-state index contributed by atoms with van der Waals surface area (Å²) < 4.78 is 23.9. The summed E-state index contributed by atoms with van der Waals surface area (Å²) in [6.45, 7) is 1.93. The Bertz CT molecular complexity index is 1370. The predicted octanol–water partition coefficient (Wildman–Crippen LogP) is 3.45. The molecule has 1 N–H and O–H groups in total. The van der Waals surface area contributed by atoms with Gasteiger partial charge in [0.15, 0.2) is 18.3 Å². The second-order valence-corrected chi connectivity index (χ2v) is 8.01. The maximum absolute atomic E-state index is 14.8. The number of carbonyl (C=O) groups excluding carboxylic acids is 1. The zero-order chi connectivity index (χ0) is 21.8. The van der Waals surface area contributed by atoms with E-state index < -0.39 is 11.7 Å². The van der Waals surface area contributed by atoms with E-state index in [4.69, 9.17) is 4.74 Å². The average molecular weight is 431 g/mol. The highest BCUT2D eigenvalue weighted by atomic mass is 19.1. The van der Waals surface area contributed by atoms with E-state index >= 15 is 0 Å². The number of fused-ring (bicyclic) bond motifs is 3. The molecular formula is C22H18FN7O2. The van der Waals surface area contributed by atoms with Crippen molar-refractivity contribution in [2.75, 3.05) is 5.32 Å². The van der Waals surface area contributed by atoms with Gasteiger partial charge in [-0.15, -0.1) is 5.10 Å². The molecule has 0 unspecified atom stereocenters. The first-order valence-electron chi connectivity index (χ1n) is 10.3. The topological polar surface area (TPSA) is 99.7 Å². The Balaban J connectivity index is 1.34. The fraction of sp³-hybridized carbons (Fsp3) is 0.227. The van der Waals surface area contributed by atoms with Crippen LogP contribution >= 0.6 is 0 Å². The highest BCUT2D eigenvalue weighted by Gasteiger charge is 2.27. The molecule has 1 aliphatic carbocycles. The van der Waals surface area contributed by atoms with Gasteiger partial charge >= 0.3 is 0 Å². The Morgan fingerprint density at radius 2 is 2.16 bits per heavy atom. The van der Waals surface area contributed by atoms with Crippen LogP contribution in [0.2, 0.25) is 0 Å². The first-order valence-corrected chi connectivity index (χ1v) is 10.3. The fourth-order valence-electron chi connectivity index (χ4n) is 3.94. The van der Waals surface area contributed by atoms with Crippen LogP contribution in [0.3, 0.4) is 0 Å². The quantitative estimate of drug-likeness (QED) is 0.531. The molecular weight excluding hydrogens is 413 g/mol. The molecule has 2 aromatic carbocycles. The van der Waals surface area contributed by atoms with Gasteiger partial charge in [0.25, 0.3) is 5.91 Å². The van der Waals surface area contributed by atoms with E-state index in [1.54, 1.807) is 30.6 Å². The average Bonchev–Trinajstić information content (AvgIpc) is 3.31. The monoisotopic (exact) mass is 431 g/mol. The van der Waals surface area contributed by atoms with Crippen molar-refractivity contribution in [3.05, 3.63) is 65.5 Å². The third-order valence-corrected chi connectivity index (χ3v) is 5.77. The minimum absolute atomic E-state index is 0.0643. The molecule has 160 valence electrons. The third-order valence-electron chi connectivity index (χ3n) is 5.77. The standard InChI is InChI=1S/C22H18FN7O2/c1-12-7-16(23)15(8-19(12)29-9-18(24-10-29)13-5-6-13)22(31)25-17-4-2-3-14-20(17)32-11-30-21(14)26-27-28-30/h2-4,7-10,13H,5-6,11H2,1H3,(H,25,31). The van der Waals surface area contributed by atoms with Crippen LogP contribution in [0.4, 0.5) is 10.1 Å². The number of rotatable bonds is 4. The number of ether oxygens (including phenoxy) is 1. The lowest BCUT2D eigenvalue weighted by atomic mass is 10.1. The summed E-state index contributed by atoms with van der Waals surface area (Å²) in [6.07, 6.45) is 5.94. The number of hydrogen-bond acceptors (Lipinski definition) is 6. The number of hydrogen-bond donors (Lipinski definition) is 1. The van der Waals surface area contributed by atoms with E-state index in [-0.39, 0.29) is 12.3 Å². The Labute approximate surface area is 181 Å². The van der Waals surface area contributed by atoms with Gasteiger partial charge < -0.3 is 14.6 Å². The summed E-state index contributed by atoms with van der Waals surface area (Å²) in [5.74, 6) is 0.316. The summed E-state index contributed by atoms with van der Waals surface area (Å²) in [7, 11) is 0. The molecule has 0 atom stereocenters. The molecule has 32 heavy (non-hydrogen) atoms. The Morgan fingerprint density at radius 3 is 3.00 bits per heavy atom. The summed E-state index contributed by atoms with van der Waals surface area (Å²) in [5, 5.41) is 14.3. The Kier molecular flexibility index (Phi) is 4.07. The molecule has 6 rings (SSSR count). The van der Waals surface area contributed by atoms with Crippen molar-refractivity contribution >= 4 is 11.6 Å². The smallest absolute Gasteiger partial charge is 0.258 e. The van der Waals surface area contributed by atoms with Gasteiger partial charge in [0.05, 0.1) is 34.5 Å². The predicted molar refractivity (Wildman–Crippen MR) is 112 cm³/mol. The second kappa shape index (κ2) is 6.98. The molecule has 0 spiro atoms. The lowest BCUT2D eigenvalue weighted by Gasteiger charge is -2.20. The van der Waals surface area contributed by atoms with Gasteiger partial charge in [-0.25, -0.2) is 9.37 Å². The van der Waals surface area contributed by atoms with Crippen molar-refractivity contribution in [1.82, 2.24) is 29.8 Å². The number of halogens is 1. The fourth-order valence-corrected chi connectivity index (χ4v) is 3.94. The number of aryl methyl sites for hydroxylation is 1. The van der Waals surface area contributed by atoms with Gasteiger partial charge in [-0.2, -0.15) is 4.68 Å². The molecule has 1 fully saturated rings. The van der Waals surface area contributed by atoms with E-state index in [0.29, 0.717) is 40.0 Å². The molecule has 2 aromatic heterocycles. The zero-order valence-corrected chi connectivity index (χ0v) is 17.1. The van der Waals surface area contributed by atoms with Crippen LogP contribution in [-0.2, 0) is 6.73 Å². The van der Waals surface area contributed by atoms with E-state index in [2.05, 4.69) is 25.8 Å². The van der Waals surface area contributed by atoms with Crippen molar-refractivity contribution in [3.8, 4) is 22.8 Å². The summed E-state index contributed by atoms with van der Waals surface area (Å²) in [6, 6.07) is 8.17. The van der Waals surface area contributed by atoms with Gasteiger partial charge in [-0.1, -0.05) is 6.07 Å². The number of imidazole rings is 1. The molecule has 1 aliphatic heterocycles. The lowest BCUT2D eigenvalue weighted by Crippen LogP contribution is -2.19. The molecule has 1 amide bonds. The van der Waals surface area contributed by atoms with Crippen LogP contribution in [0.25, 0.3) is 17.1 Å². The molecule has 3 heterocycles. The maximum Gasteiger partial charge on any atom is 0.258 e. The molecule has 0 radical (unpaired) electrons. The number of carbonyl (C=O) groups is 1. The number of aromatic nitrogens is 6. The molecule has 9 nitrogen and oxygen atoms in total. The number of tetrazole rings is 1. The van der Waals surface area contributed by atoms with Gasteiger partial charge in [0.2, 0.25) is 0 Å². The highest BCUT2D eigenvalue weighted by molar-refractivity contribution is 6.06. The highest BCUT2D eigenvalue weighted by Crippen LogP contribution is 2.40. The van der Waals surface area contributed by atoms with Gasteiger partial charge in [-0.05, 0) is 60.0 Å². The molecule has 10 heteroatoms. The van der Waals surface area contributed by atoms with Crippen LogP contribution in [0.15, 0.2) is 42.9 Å². The van der Waals surface area contributed by atoms with Crippen LogP contribution in [0.5, 0.6) is 5.75 Å². The largest absolute Gasteiger partial charge is 0.468 e. The van der Waals surface area contributed by atoms with Crippen molar-refractivity contribution in [2.24, 2.45) is 0 Å². The molecule has 1 saturated carbocycles. The van der Waals surface area contributed by atoms with Crippen LogP contribution in [0, 0.1) is 12.7 Å². The SMILES string of the molecule is Cc1cc(F)c(C(=O)Nc2cccc3c2OCn2nnnc2-3)cc1-n1cnc(C2CC2)c1. The van der Waals surface area contributed by atoms with Crippen LogP contribution in [0.1, 0.15) is 40.4 Å².